The van der Waals surface area contributed by atoms with Crippen molar-refractivity contribution in [3.05, 3.63) is 40.8 Å². The van der Waals surface area contributed by atoms with Crippen molar-refractivity contribution < 1.29 is 9.53 Å². The molecule has 0 N–H and O–H groups in total. The van der Waals surface area contributed by atoms with Gasteiger partial charge in [0, 0.05) is 4.90 Å². The number of hydrogen-bond donors (Lipinski definition) is 0. The van der Waals surface area contributed by atoms with Gasteiger partial charge in [-0.15, -0.1) is 0 Å². The summed E-state index contributed by atoms with van der Waals surface area (Å²) in [5.41, 5.74) is 0.979. The van der Waals surface area contributed by atoms with Crippen LogP contribution in [0.2, 0.25) is 0 Å². The standard InChI is InChI=1S/C13H16O2S/c1-4-15-13(14)12(10(2)3)16-11-8-6-5-7-9-11/h5-9H,4H2,1-3H3. The molecule has 0 spiro atoms. The van der Waals surface area contributed by atoms with Crippen molar-refractivity contribution in [1.29, 1.82) is 0 Å². The first kappa shape index (κ1) is 12.8. The van der Waals surface area contributed by atoms with Crippen LogP contribution in [0.25, 0.3) is 0 Å². The number of allylic oxidation sites excluding steroid dienone is 1. The first-order chi connectivity index (χ1) is 7.65. The van der Waals surface area contributed by atoms with E-state index in [0.29, 0.717) is 11.5 Å². The lowest BCUT2D eigenvalue weighted by molar-refractivity contribution is -0.137. The van der Waals surface area contributed by atoms with E-state index in [1.54, 1.807) is 0 Å². The molecule has 0 fully saturated rings. The van der Waals surface area contributed by atoms with E-state index in [1.165, 1.54) is 11.8 Å². The third-order valence-corrected chi connectivity index (χ3v) is 3.16. The van der Waals surface area contributed by atoms with Crippen LogP contribution in [0.1, 0.15) is 20.8 Å². The van der Waals surface area contributed by atoms with Crippen LogP contribution >= 0.6 is 11.8 Å². The molecule has 0 bridgehead atoms. The lowest BCUT2D eigenvalue weighted by Crippen LogP contribution is -2.06. The Morgan fingerprint density at radius 2 is 1.88 bits per heavy atom. The number of ether oxygens (including phenoxy) is 1. The smallest absolute Gasteiger partial charge is 0.344 e. The van der Waals surface area contributed by atoms with Gasteiger partial charge in [-0.2, -0.15) is 0 Å². The Bertz CT molecular complexity index is 378. The molecule has 0 aliphatic heterocycles. The van der Waals surface area contributed by atoms with Crippen molar-refractivity contribution in [3.63, 3.8) is 0 Å². The van der Waals surface area contributed by atoms with Crippen molar-refractivity contribution >= 4 is 17.7 Å². The molecule has 0 atom stereocenters. The highest BCUT2D eigenvalue weighted by Crippen LogP contribution is 2.29. The fraction of sp³-hybridized carbons (Fsp3) is 0.308. The van der Waals surface area contributed by atoms with E-state index in [-0.39, 0.29) is 5.97 Å². The average molecular weight is 236 g/mol. The second kappa shape index (κ2) is 6.38. The lowest BCUT2D eigenvalue weighted by atomic mass is 10.3. The van der Waals surface area contributed by atoms with Crippen molar-refractivity contribution in [3.8, 4) is 0 Å². The van der Waals surface area contributed by atoms with Crippen molar-refractivity contribution in [1.82, 2.24) is 0 Å². The molecule has 3 heteroatoms. The van der Waals surface area contributed by atoms with Gasteiger partial charge >= 0.3 is 5.97 Å². The summed E-state index contributed by atoms with van der Waals surface area (Å²) < 4.78 is 5.02. The van der Waals surface area contributed by atoms with E-state index in [2.05, 4.69) is 0 Å². The Kier molecular flexibility index (Phi) is 5.12. The summed E-state index contributed by atoms with van der Waals surface area (Å²) in [7, 11) is 0. The summed E-state index contributed by atoms with van der Waals surface area (Å²) in [4.78, 5) is 13.4. The van der Waals surface area contributed by atoms with E-state index in [1.807, 2.05) is 51.1 Å². The van der Waals surface area contributed by atoms with Crippen LogP contribution < -0.4 is 0 Å². The van der Waals surface area contributed by atoms with Gasteiger partial charge in [-0.25, -0.2) is 4.79 Å². The van der Waals surface area contributed by atoms with Gasteiger partial charge in [-0.3, -0.25) is 0 Å². The van der Waals surface area contributed by atoms with Gasteiger partial charge in [0.1, 0.15) is 0 Å². The number of carbonyl (C=O) groups is 1. The lowest BCUT2D eigenvalue weighted by Gasteiger charge is -2.08. The quantitative estimate of drug-likeness (QED) is 0.453. The highest BCUT2D eigenvalue weighted by molar-refractivity contribution is 8.04. The minimum Gasteiger partial charge on any atom is -0.462 e. The molecule has 0 aliphatic rings. The maximum atomic E-state index is 11.7. The van der Waals surface area contributed by atoms with E-state index < -0.39 is 0 Å². The molecule has 0 heterocycles. The third kappa shape index (κ3) is 3.74. The molecule has 0 aromatic heterocycles. The number of carbonyl (C=O) groups excluding carboxylic acids is 1. The zero-order valence-electron chi connectivity index (χ0n) is 9.82. The predicted molar refractivity (Wildman–Crippen MR) is 67.3 cm³/mol. The molecule has 16 heavy (non-hydrogen) atoms. The Balaban J connectivity index is 2.83. The number of thioether (sulfide) groups is 1. The molecule has 86 valence electrons. The van der Waals surface area contributed by atoms with E-state index in [0.717, 1.165) is 10.5 Å². The summed E-state index contributed by atoms with van der Waals surface area (Å²) in [5.74, 6) is -0.239. The Morgan fingerprint density at radius 1 is 1.25 bits per heavy atom. The second-order valence-electron chi connectivity index (χ2n) is 3.46. The minimum absolute atomic E-state index is 0.239. The Hall–Kier alpha value is -1.22. The van der Waals surface area contributed by atoms with Gasteiger partial charge in [0.25, 0.3) is 0 Å². The fourth-order valence-electron chi connectivity index (χ4n) is 1.15. The van der Waals surface area contributed by atoms with Gasteiger partial charge in [0.05, 0.1) is 11.5 Å². The van der Waals surface area contributed by atoms with Crippen molar-refractivity contribution in [2.75, 3.05) is 6.61 Å². The Morgan fingerprint density at radius 3 is 2.38 bits per heavy atom. The van der Waals surface area contributed by atoms with Crippen LogP contribution in [0.4, 0.5) is 0 Å². The van der Waals surface area contributed by atoms with Gasteiger partial charge in [0.15, 0.2) is 0 Å². The summed E-state index contributed by atoms with van der Waals surface area (Å²) in [6.45, 7) is 6.06. The summed E-state index contributed by atoms with van der Waals surface area (Å²) in [6, 6.07) is 9.82. The van der Waals surface area contributed by atoms with E-state index in [9.17, 15) is 4.79 Å². The second-order valence-corrected chi connectivity index (χ2v) is 4.55. The molecule has 0 saturated carbocycles. The van der Waals surface area contributed by atoms with Crippen LogP contribution in [-0.4, -0.2) is 12.6 Å². The maximum Gasteiger partial charge on any atom is 0.344 e. The molecule has 0 radical (unpaired) electrons. The van der Waals surface area contributed by atoms with Crippen molar-refractivity contribution in [2.45, 2.75) is 25.7 Å². The third-order valence-electron chi connectivity index (χ3n) is 1.88. The number of benzene rings is 1. The molecular formula is C13H16O2S. The SMILES string of the molecule is CCOC(=O)C(Sc1ccccc1)=C(C)C. The van der Waals surface area contributed by atoms with Crippen LogP contribution in [-0.2, 0) is 9.53 Å². The topological polar surface area (TPSA) is 26.3 Å². The zero-order valence-corrected chi connectivity index (χ0v) is 10.6. The summed E-state index contributed by atoms with van der Waals surface area (Å²) in [5, 5.41) is 0. The molecule has 0 amide bonds. The minimum atomic E-state index is -0.239. The molecular weight excluding hydrogens is 220 g/mol. The van der Waals surface area contributed by atoms with Gasteiger partial charge < -0.3 is 4.74 Å². The molecule has 0 saturated heterocycles. The molecule has 1 rings (SSSR count). The molecule has 0 aliphatic carbocycles. The van der Waals surface area contributed by atoms with E-state index >= 15 is 0 Å². The number of rotatable bonds is 4. The first-order valence-corrected chi connectivity index (χ1v) is 6.04. The fourth-order valence-corrected chi connectivity index (χ4v) is 2.03. The monoisotopic (exact) mass is 236 g/mol. The molecule has 0 unspecified atom stereocenters. The highest BCUT2D eigenvalue weighted by atomic mass is 32.2. The molecule has 1 aromatic carbocycles. The van der Waals surface area contributed by atoms with Gasteiger partial charge in [-0.05, 0) is 32.9 Å². The van der Waals surface area contributed by atoms with Crippen molar-refractivity contribution in [2.24, 2.45) is 0 Å². The maximum absolute atomic E-state index is 11.7. The van der Waals surface area contributed by atoms with Gasteiger partial charge in [0.2, 0.25) is 0 Å². The van der Waals surface area contributed by atoms with Gasteiger partial charge in [-0.1, -0.05) is 35.5 Å². The zero-order chi connectivity index (χ0) is 12.0. The number of esters is 1. The average Bonchev–Trinajstić information content (AvgIpc) is 2.27. The predicted octanol–water partition coefficient (Wildman–Crippen LogP) is 3.64. The summed E-state index contributed by atoms with van der Waals surface area (Å²) >= 11 is 1.45. The summed E-state index contributed by atoms with van der Waals surface area (Å²) in [6.07, 6.45) is 0. The van der Waals surface area contributed by atoms with Crippen LogP contribution in [0, 0.1) is 0 Å². The molecule has 1 aromatic rings. The largest absolute Gasteiger partial charge is 0.462 e. The normalized spacial score (nSPS) is 9.69. The first-order valence-electron chi connectivity index (χ1n) is 5.22. The Labute approximate surface area is 101 Å². The van der Waals surface area contributed by atoms with Crippen LogP contribution in [0.3, 0.4) is 0 Å². The van der Waals surface area contributed by atoms with E-state index in [4.69, 9.17) is 4.74 Å². The highest BCUT2D eigenvalue weighted by Gasteiger charge is 2.13. The molecule has 2 nitrogen and oxygen atoms in total. The van der Waals surface area contributed by atoms with Crippen LogP contribution in [0.15, 0.2) is 45.7 Å². The number of hydrogen-bond acceptors (Lipinski definition) is 3. The van der Waals surface area contributed by atoms with Crippen LogP contribution in [0.5, 0.6) is 0 Å².